The molecular formula is C15H27NOS. The zero-order valence-corrected chi connectivity index (χ0v) is 13.0. The van der Waals surface area contributed by atoms with Crippen LogP contribution in [0.25, 0.3) is 0 Å². The summed E-state index contributed by atoms with van der Waals surface area (Å²) >= 11 is 0. The van der Waals surface area contributed by atoms with E-state index in [-0.39, 0.29) is 4.75 Å². The maximum atomic E-state index is 11.7. The van der Waals surface area contributed by atoms with Crippen LogP contribution in [0.1, 0.15) is 52.9 Å². The van der Waals surface area contributed by atoms with E-state index in [4.69, 9.17) is 0 Å². The van der Waals surface area contributed by atoms with E-state index >= 15 is 0 Å². The van der Waals surface area contributed by atoms with Gasteiger partial charge in [-0.25, -0.2) is 0 Å². The lowest BCUT2D eigenvalue weighted by atomic mass is 9.81. The summed E-state index contributed by atoms with van der Waals surface area (Å²) in [6.45, 7) is 7.74. The van der Waals surface area contributed by atoms with Gasteiger partial charge in [0.05, 0.1) is 4.75 Å². The maximum absolute atomic E-state index is 11.7. The Morgan fingerprint density at radius 1 is 1.44 bits per heavy atom. The van der Waals surface area contributed by atoms with Crippen LogP contribution in [0, 0.1) is 5.92 Å². The van der Waals surface area contributed by atoms with Crippen molar-refractivity contribution in [2.75, 3.05) is 12.8 Å². The zero-order valence-electron chi connectivity index (χ0n) is 12.2. The van der Waals surface area contributed by atoms with E-state index in [9.17, 15) is 4.21 Å². The number of allylic oxidation sites excluding steroid dienone is 1. The molecule has 0 spiro atoms. The van der Waals surface area contributed by atoms with Gasteiger partial charge < -0.3 is 5.32 Å². The fraction of sp³-hybridized carbons (Fsp3) is 0.867. The summed E-state index contributed by atoms with van der Waals surface area (Å²) in [5.74, 6) is 0.813. The van der Waals surface area contributed by atoms with Gasteiger partial charge >= 0.3 is 0 Å². The Hall–Kier alpha value is -0.150. The van der Waals surface area contributed by atoms with Gasteiger partial charge in [0.25, 0.3) is 0 Å². The normalized spacial score (nSPS) is 32.1. The topological polar surface area (TPSA) is 29.1 Å². The Kier molecular flexibility index (Phi) is 4.32. The highest BCUT2D eigenvalue weighted by molar-refractivity contribution is 7.86. The van der Waals surface area contributed by atoms with Gasteiger partial charge in [0.15, 0.2) is 0 Å². The molecule has 2 saturated carbocycles. The molecule has 0 saturated heterocycles. The first-order valence-corrected chi connectivity index (χ1v) is 8.73. The van der Waals surface area contributed by atoms with Crippen molar-refractivity contribution in [2.45, 2.75) is 63.7 Å². The second kappa shape index (κ2) is 5.46. The summed E-state index contributed by atoms with van der Waals surface area (Å²) in [6.07, 6.45) is 7.94. The molecule has 3 atom stereocenters. The first kappa shape index (κ1) is 14.3. The predicted molar refractivity (Wildman–Crippen MR) is 79.2 cm³/mol. The van der Waals surface area contributed by atoms with Gasteiger partial charge in [-0.1, -0.05) is 18.1 Å². The Balaban J connectivity index is 1.98. The van der Waals surface area contributed by atoms with E-state index in [2.05, 4.69) is 26.1 Å². The number of nitrogens with one attached hydrogen (secondary N) is 1. The second-order valence-corrected chi connectivity index (χ2v) is 8.25. The molecule has 2 aliphatic rings. The Morgan fingerprint density at radius 2 is 2.11 bits per heavy atom. The largest absolute Gasteiger partial charge is 0.309 e. The SMILES string of the molecule is CC(C)=C1CC[C@@H](C)CC1NCC1(S(C)=O)CC1. The van der Waals surface area contributed by atoms with E-state index in [0.717, 1.165) is 25.3 Å². The molecule has 2 unspecified atom stereocenters. The van der Waals surface area contributed by atoms with Crippen LogP contribution in [0.3, 0.4) is 0 Å². The van der Waals surface area contributed by atoms with E-state index in [1.165, 1.54) is 24.8 Å². The standard InChI is InChI=1S/C15H27NOS/c1-11(2)13-6-5-12(3)9-14(13)16-10-15(7-8-15)18(4)17/h12,14,16H,5-10H2,1-4H3/t12-,14?,18?/m1/s1. The van der Waals surface area contributed by atoms with Crippen molar-refractivity contribution in [1.29, 1.82) is 0 Å². The third-order valence-corrected chi connectivity index (χ3v) is 6.47. The Bertz CT molecular complexity index is 367. The molecule has 0 radical (unpaired) electrons. The first-order valence-electron chi connectivity index (χ1n) is 7.18. The Morgan fingerprint density at radius 3 is 2.61 bits per heavy atom. The average Bonchev–Trinajstić information content (AvgIpc) is 3.07. The minimum Gasteiger partial charge on any atom is -0.309 e. The fourth-order valence-corrected chi connectivity index (χ4v) is 4.02. The Labute approximate surface area is 114 Å². The minimum absolute atomic E-state index is 0.105. The summed E-state index contributed by atoms with van der Waals surface area (Å²) in [5, 5.41) is 3.72. The van der Waals surface area contributed by atoms with Crippen LogP contribution < -0.4 is 5.32 Å². The van der Waals surface area contributed by atoms with Gasteiger partial charge in [-0.15, -0.1) is 0 Å². The van der Waals surface area contributed by atoms with E-state index < -0.39 is 10.8 Å². The predicted octanol–water partition coefficient (Wildman–Crippen LogP) is 3.01. The second-order valence-electron chi connectivity index (χ2n) is 6.48. The lowest BCUT2D eigenvalue weighted by molar-refractivity contribution is 0.361. The van der Waals surface area contributed by atoms with Crippen LogP contribution >= 0.6 is 0 Å². The number of hydrogen-bond acceptors (Lipinski definition) is 2. The van der Waals surface area contributed by atoms with Gasteiger partial charge in [-0.2, -0.15) is 0 Å². The van der Waals surface area contributed by atoms with Crippen LogP contribution in [0.2, 0.25) is 0 Å². The third kappa shape index (κ3) is 3.05. The van der Waals surface area contributed by atoms with Gasteiger partial charge in [-0.05, 0) is 51.9 Å². The summed E-state index contributed by atoms with van der Waals surface area (Å²) < 4.78 is 11.8. The smallest absolute Gasteiger partial charge is 0.0581 e. The molecule has 0 bridgehead atoms. The van der Waals surface area contributed by atoms with Crippen molar-refractivity contribution in [2.24, 2.45) is 5.92 Å². The van der Waals surface area contributed by atoms with Crippen LogP contribution in [-0.4, -0.2) is 27.8 Å². The molecule has 2 aliphatic carbocycles. The van der Waals surface area contributed by atoms with Crippen LogP contribution in [0.5, 0.6) is 0 Å². The molecular weight excluding hydrogens is 242 g/mol. The lowest BCUT2D eigenvalue weighted by Crippen LogP contribution is -2.42. The van der Waals surface area contributed by atoms with E-state index in [0.29, 0.717) is 6.04 Å². The summed E-state index contributed by atoms with van der Waals surface area (Å²) in [5.41, 5.74) is 3.08. The number of rotatable bonds is 4. The fourth-order valence-electron chi connectivity index (χ4n) is 3.06. The van der Waals surface area contributed by atoms with E-state index in [1.807, 2.05) is 6.26 Å². The quantitative estimate of drug-likeness (QED) is 0.795. The molecule has 2 rings (SSSR count). The molecule has 2 fully saturated rings. The molecule has 0 aromatic heterocycles. The van der Waals surface area contributed by atoms with Gasteiger partial charge in [0.2, 0.25) is 0 Å². The van der Waals surface area contributed by atoms with Crippen LogP contribution in [0.4, 0.5) is 0 Å². The van der Waals surface area contributed by atoms with E-state index in [1.54, 1.807) is 5.57 Å². The molecule has 0 heterocycles. The molecule has 2 nitrogen and oxygen atoms in total. The maximum Gasteiger partial charge on any atom is 0.0581 e. The van der Waals surface area contributed by atoms with Gasteiger partial charge in [-0.3, -0.25) is 4.21 Å². The average molecular weight is 269 g/mol. The van der Waals surface area contributed by atoms with Crippen molar-refractivity contribution in [3.8, 4) is 0 Å². The highest BCUT2D eigenvalue weighted by Gasteiger charge is 2.46. The monoisotopic (exact) mass is 269 g/mol. The van der Waals surface area contributed by atoms with Crippen molar-refractivity contribution in [1.82, 2.24) is 5.32 Å². The molecule has 0 amide bonds. The van der Waals surface area contributed by atoms with Crippen molar-refractivity contribution in [3.05, 3.63) is 11.1 Å². The molecule has 0 aromatic rings. The summed E-state index contributed by atoms with van der Waals surface area (Å²) in [4.78, 5) is 0. The first-order chi connectivity index (χ1) is 8.44. The highest BCUT2D eigenvalue weighted by Crippen LogP contribution is 2.41. The molecule has 0 aromatic carbocycles. The van der Waals surface area contributed by atoms with Crippen LogP contribution in [0.15, 0.2) is 11.1 Å². The lowest BCUT2D eigenvalue weighted by Gasteiger charge is -2.33. The molecule has 18 heavy (non-hydrogen) atoms. The van der Waals surface area contributed by atoms with Crippen molar-refractivity contribution < 1.29 is 4.21 Å². The molecule has 0 aliphatic heterocycles. The van der Waals surface area contributed by atoms with Crippen molar-refractivity contribution >= 4 is 10.8 Å². The van der Waals surface area contributed by atoms with Crippen LogP contribution in [-0.2, 0) is 10.8 Å². The summed E-state index contributed by atoms with van der Waals surface area (Å²) in [7, 11) is -0.678. The highest BCUT2D eigenvalue weighted by atomic mass is 32.2. The van der Waals surface area contributed by atoms with Gasteiger partial charge in [0.1, 0.15) is 0 Å². The summed E-state index contributed by atoms with van der Waals surface area (Å²) in [6, 6.07) is 0.528. The number of hydrogen-bond donors (Lipinski definition) is 1. The van der Waals surface area contributed by atoms with Crippen molar-refractivity contribution in [3.63, 3.8) is 0 Å². The molecule has 1 N–H and O–H groups in total. The third-order valence-electron chi connectivity index (χ3n) is 4.70. The molecule has 3 heteroatoms. The van der Waals surface area contributed by atoms with Gasteiger partial charge in [0, 0.05) is 29.6 Å². The molecule has 104 valence electrons. The minimum atomic E-state index is -0.678. The zero-order chi connectivity index (χ0) is 13.3.